The molecule has 0 saturated carbocycles. The van der Waals surface area contributed by atoms with Gasteiger partial charge < -0.3 is 10.6 Å². The van der Waals surface area contributed by atoms with Gasteiger partial charge in [-0.2, -0.15) is 0 Å². The van der Waals surface area contributed by atoms with Crippen molar-refractivity contribution in [2.75, 3.05) is 10.6 Å². The average Bonchev–Trinajstić information content (AvgIpc) is 2.86. The van der Waals surface area contributed by atoms with Crippen LogP contribution >= 0.6 is 11.8 Å². The van der Waals surface area contributed by atoms with Gasteiger partial charge in [-0.1, -0.05) is 54.6 Å². The molecule has 0 spiro atoms. The second kappa shape index (κ2) is 11.0. The summed E-state index contributed by atoms with van der Waals surface area (Å²) in [6.07, 6.45) is 0. The zero-order chi connectivity index (χ0) is 24.8. The van der Waals surface area contributed by atoms with Crippen LogP contribution in [0.4, 0.5) is 15.8 Å². The second-order valence-electron chi connectivity index (χ2n) is 8.17. The van der Waals surface area contributed by atoms with Gasteiger partial charge in [-0.15, -0.1) is 11.8 Å². The molecule has 176 valence electrons. The molecule has 0 heterocycles. The van der Waals surface area contributed by atoms with Crippen molar-refractivity contribution in [3.05, 3.63) is 125 Å². The van der Waals surface area contributed by atoms with Crippen LogP contribution in [-0.2, 0) is 4.79 Å². The fourth-order valence-corrected chi connectivity index (χ4v) is 4.59. The van der Waals surface area contributed by atoms with Crippen LogP contribution in [0.5, 0.6) is 0 Å². The molecule has 0 bridgehead atoms. The van der Waals surface area contributed by atoms with Gasteiger partial charge in [-0.25, -0.2) is 4.39 Å². The van der Waals surface area contributed by atoms with E-state index in [0.29, 0.717) is 5.69 Å². The van der Waals surface area contributed by atoms with Crippen LogP contribution in [0.15, 0.2) is 102 Å². The summed E-state index contributed by atoms with van der Waals surface area (Å²) in [6.45, 7) is 3.96. The number of carbonyl (C=O) groups excluding carboxylic acids is 2. The number of halogens is 1. The first-order valence-electron chi connectivity index (χ1n) is 11.2. The van der Waals surface area contributed by atoms with Gasteiger partial charge in [0.1, 0.15) is 11.1 Å². The molecule has 4 aromatic rings. The number of hydrogen-bond donors (Lipinski definition) is 2. The van der Waals surface area contributed by atoms with Gasteiger partial charge >= 0.3 is 0 Å². The molecule has 0 fully saturated rings. The van der Waals surface area contributed by atoms with Crippen LogP contribution in [0.2, 0.25) is 0 Å². The average molecular weight is 485 g/mol. The predicted octanol–water partition coefficient (Wildman–Crippen LogP) is 7.17. The van der Waals surface area contributed by atoms with Crippen molar-refractivity contribution < 1.29 is 14.0 Å². The van der Waals surface area contributed by atoms with Crippen molar-refractivity contribution in [2.45, 2.75) is 24.0 Å². The molecule has 1 atom stereocenters. The van der Waals surface area contributed by atoms with E-state index < -0.39 is 17.0 Å². The second-order valence-corrected chi connectivity index (χ2v) is 9.35. The first-order chi connectivity index (χ1) is 16.9. The predicted molar refractivity (Wildman–Crippen MR) is 140 cm³/mol. The van der Waals surface area contributed by atoms with Crippen LogP contribution < -0.4 is 10.6 Å². The monoisotopic (exact) mass is 484 g/mol. The molecule has 0 aliphatic heterocycles. The smallest absolute Gasteiger partial charge is 0.258 e. The molecule has 4 nitrogen and oxygen atoms in total. The highest BCUT2D eigenvalue weighted by molar-refractivity contribution is 8.00. The number of benzene rings is 4. The van der Waals surface area contributed by atoms with Gasteiger partial charge in [0.05, 0.1) is 5.56 Å². The molecule has 0 aliphatic rings. The first-order valence-corrected chi connectivity index (χ1v) is 12.0. The molecule has 4 rings (SSSR count). The summed E-state index contributed by atoms with van der Waals surface area (Å²) in [5.74, 6) is -1.21. The molecule has 6 heteroatoms. The summed E-state index contributed by atoms with van der Waals surface area (Å²) in [6, 6.07) is 28.6. The largest absolute Gasteiger partial charge is 0.325 e. The highest BCUT2D eigenvalue weighted by atomic mass is 32.2. The number of nitrogens with one attached hydrogen (secondary N) is 2. The molecular formula is C29H25FN2O2S. The number of amides is 2. The van der Waals surface area contributed by atoms with Gasteiger partial charge in [-0.05, 0) is 73.0 Å². The fourth-order valence-electron chi connectivity index (χ4n) is 3.57. The lowest BCUT2D eigenvalue weighted by atomic mass is 10.1. The first kappa shape index (κ1) is 24.2. The topological polar surface area (TPSA) is 58.2 Å². The summed E-state index contributed by atoms with van der Waals surface area (Å²) in [5, 5.41) is 5.31. The number of anilines is 2. The Hall–Kier alpha value is -3.90. The normalized spacial score (nSPS) is 11.5. The third-order valence-corrected chi connectivity index (χ3v) is 6.74. The molecule has 0 saturated heterocycles. The molecule has 35 heavy (non-hydrogen) atoms. The van der Waals surface area contributed by atoms with Gasteiger partial charge in [0.15, 0.2) is 0 Å². The molecule has 4 aromatic carbocycles. The number of carbonyl (C=O) groups is 2. The van der Waals surface area contributed by atoms with Crippen LogP contribution in [0.1, 0.15) is 32.3 Å². The van der Waals surface area contributed by atoms with E-state index in [-0.39, 0.29) is 11.5 Å². The van der Waals surface area contributed by atoms with E-state index in [1.807, 2.05) is 74.5 Å². The maximum Gasteiger partial charge on any atom is 0.258 e. The van der Waals surface area contributed by atoms with Gasteiger partial charge in [0.2, 0.25) is 5.91 Å². The summed E-state index contributed by atoms with van der Waals surface area (Å²) >= 11 is 1.42. The Bertz CT molecular complexity index is 1340. The van der Waals surface area contributed by atoms with E-state index in [9.17, 15) is 14.0 Å². The molecule has 1 unspecified atom stereocenters. The highest BCUT2D eigenvalue weighted by Crippen LogP contribution is 2.37. The summed E-state index contributed by atoms with van der Waals surface area (Å²) in [4.78, 5) is 26.6. The maximum atomic E-state index is 13.9. The molecule has 0 aliphatic carbocycles. The minimum Gasteiger partial charge on any atom is -0.325 e. The zero-order valence-electron chi connectivity index (χ0n) is 19.4. The van der Waals surface area contributed by atoms with E-state index in [1.165, 1.54) is 30.0 Å². The number of aryl methyl sites for hydroxylation is 2. The van der Waals surface area contributed by atoms with Gasteiger partial charge in [0, 0.05) is 16.3 Å². The Balaban J connectivity index is 1.51. The minimum absolute atomic E-state index is 0.0155. The van der Waals surface area contributed by atoms with E-state index in [4.69, 9.17) is 0 Å². The third-order valence-electron chi connectivity index (χ3n) is 5.48. The summed E-state index contributed by atoms with van der Waals surface area (Å²) < 4.78 is 13.9. The van der Waals surface area contributed by atoms with Gasteiger partial charge in [-0.3, -0.25) is 9.59 Å². The molecule has 0 aromatic heterocycles. The Kier molecular flexibility index (Phi) is 7.63. The lowest BCUT2D eigenvalue weighted by Crippen LogP contribution is -2.19. The van der Waals surface area contributed by atoms with Crippen LogP contribution in [-0.4, -0.2) is 11.8 Å². The fraction of sp³-hybridized carbons (Fsp3) is 0.103. The molecule has 2 amide bonds. The Morgan fingerprint density at radius 3 is 2.20 bits per heavy atom. The van der Waals surface area contributed by atoms with Crippen molar-refractivity contribution in [3.63, 3.8) is 0 Å². The minimum atomic E-state index is -0.572. The highest BCUT2D eigenvalue weighted by Gasteiger charge is 2.23. The Morgan fingerprint density at radius 1 is 0.800 bits per heavy atom. The van der Waals surface area contributed by atoms with Crippen molar-refractivity contribution in [3.8, 4) is 0 Å². The molecule has 2 N–H and O–H groups in total. The van der Waals surface area contributed by atoms with Crippen LogP contribution in [0.25, 0.3) is 0 Å². The maximum absolute atomic E-state index is 13.9. The van der Waals surface area contributed by atoms with Crippen molar-refractivity contribution in [1.29, 1.82) is 0 Å². The standard InChI is InChI=1S/C29H25FN2O2S/c1-19-12-13-20(2)26(18-19)32-29(34)27(21-8-4-3-5-9-21)35-23-16-14-22(15-17-23)31-28(33)24-10-6-7-11-25(24)30/h3-18,27H,1-2H3,(H,31,33)(H,32,34). The quantitative estimate of drug-likeness (QED) is 0.274. The summed E-state index contributed by atoms with van der Waals surface area (Å²) in [5.41, 5.74) is 4.27. The van der Waals surface area contributed by atoms with E-state index in [0.717, 1.165) is 27.3 Å². The van der Waals surface area contributed by atoms with Gasteiger partial charge in [0.25, 0.3) is 5.91 Å². The van der Waals surface area contributed by atoms with Crippen LogP contribution in [0, 0.1) is 19.7 Å². The Morgan fingerprint density at radius 2 is 1.49 bits per heavy atom. The number of rotatable bonds is 7. The summed E-state index contributed by atoms with van der Waals surface area (Å²) in [7, 11) is 0. The zero-order valence-corrected chi connectivity index (χ0v) is 20.2. The number of hydrogen-bond acceptors (Lipinski definition) is 3. The lowest BCUT2D eigenvalue weighted by molar-refractivity contribution is -0.115. The molecule has 0 radical (unpaired) electrons. The van der Waals surface area contributed by atoms with Crippen molar-refractivity contribution in [1.82, 2.24) is 0 Å². The Labute approximate surface area is 208 Å². The third kappa shape index (κ3) is 6.16. The van der Waals surface area contributed by atoms with Crippen LogP contribution in [0.3, 0.4) is 0 Å². The SMILES string of the molecule is Cc1ccc(C)c(NC(=O)C(Sc2ccc(NC(=O)c3ccccc3F)cc2)c2ccccc2)c1. The molecular weight excluding hydrogens is 459 g/mol. The van der Waals surface area contributed by atoms with Crippen molar-refractivity contribution >= 4 is 35.0 Å². The van der Waals surface area contributed by atoms with E-state index >= 15 is 0 Å². The van der Waals surface area contributed by atoms with E-state index in [1.54, 1.807) is 18.2 Å². The lowest BCUT2D eigenvalue weighted by Gasteiger charge is -2.18. The van der Waals surface area contributed by atoms with E-state index in [2.05, 4.69) is 10.6 Å². The van der Waals surface area contributed by atoms with Crippen molar-refractivity contribution in [2.24, 2.45) is 0 Å². The number of thioether (sulfide) groups is 1.